The number of carbonyl (C=O) groups excluding carboxylic acids is 1. The van der Waals surface area contributed by atoms with E-state index in [1.165, 1.54) is 0 Å². The molecule has 1 fully saturated rings. The second kappa shape index (κ2) is 6.54. The number of hydrogen-bond donors (Lipinski definition) is 1. The fourth-order valence-electron chi connectivity index (χ4n) is 3.00. The molecule has 0 radical (unpaired) electrons. The van der Waals surface area contributed by atoms with Crippen LogP contribution in [0.5, 0.6) is 0 Å². The molecule has 23 heavy (non-hydrogen) atoms. The lowest BCUT2D eigenvalue weighted by molar-refractivity contribution is -0.116. The topological polar surface area (TPSA) is 74.0 Å². The third kappa shape index (κ3) is 3.44. The zero-order valence-corrected chi connectivity index (χ0v) is 13.9. The van der Waals surface area contributed by atoms with E-state index in [2.05, 4.69) is 15.5 Å². The first-order valence-corrected chi connectivity index (χ1v) is 7.97. The molecule has 1 saturated heterocycles. The molecule has 1 N–H and O–H groups in total. The number of hydrogen-bond acceptors (Lipinski definition) is 4. The molecule has 1 aliphatic heterocycles. The molecule has 1 amide bonds. The maximum absolute atomic E-state index is 12.3. The van der Waals surface area contributed by atoms with Crippen LogP contribution < -0.4 is 5.32 Å². The zero-order chi connectivity index (χ0) is 16.4. The second-order valence-electron chi connectivity index (χ2n) is 6.06. The van der Waals surface area contributed by atoms with Crippen molar-refractivity contribution in [2.75, 3.05) is 18.5 Å². The van der Waals surface area contributed by atoms with E-state index in [1.807, 2.05) is 31.5 Å². The van der Waals surface area contributed by atoms with Gasteiger partial charge >= 0.3 is 0 Å². The van der Waals surface area contributed by atoms with Gasteiger partial charge in [-0.15, -0.1) is 0 Å². The van der Waals surface area contributed by atoms with Crippen molar-refractivity contribution in [1.29, 1.82) is 0 Å². The van der Waals surface area contributed by atoms with Gasteiger partial charge < -0.3 is 10.1 Å². The van der Waals surface area contributed by atoms with Crippen molar-refractivity contribution in [1.82, 2.24) is 19.6 Å². The largest absolute Gasteiger partial charge is 0.381 e. The Hall–Kier alpha value is -2.15. The molecule has 7 heteroatoms. The average Bonchev–Trinajstić information content (AvgIpc) is 3.03. The van der Waals surface area contributed by atoms with Gasteiger partial charge in [-0.3, -0.25) is 14.2 Å². The summed E-state index contributed by atoms with van der Waals surface area (Å²) in [7, 11) is 0. The van der Waals surface area contributed by atoms with Gasteiger partial charge in [0.2, 0.25) is 5.91 Å². The van der Waals surface area contributed by atoms with E-state index in [4.69, 9.17) is 4.74 Å². The Morgan fingerprint density at radius 1 is 1.35 bits per heavy atom. The van der Waals surface area contributed by atoms with Gasteiger partial charge in [0.1, 0.15) is 6.54 Å². The maximum atomic E-state index is 12.3. The second-order valence-corrected chi connectivity index (χ2v) is 6.06. The summed E-state index contributed by atoms with van der Waals surface area (Å²) < 4.78 is 9.10. The predicted octanol–water partition coefficient (Wildman–Crippen LogP) is 2.00. The Morgan fingerprint density at radius 3 is 2.74 bits per heavy atom. The van der Waals surface area contributed by atoms with Crippen LogP contribution >= 0.6 is 0 Å². The quantitative estimate of drug-likeness (QED) is 0.936. The molecule has 3 rings (SSSR count). The summed E-state index contributed by atoms with van der Waals surface area (Å²) in [5.41, 5.74) is 3.65. The number of anilines is 1. The molecule has 7 nitrogen and oxygen atoms in total. The first-order chi connectivity index (χ1) is 11.0. The van der Waals surface area contributed by atoms with Crippen LogP contribution in [0, 0.1) is 20.8 Å². The Balaban J connectivity index is 1.67. The van der Waals surface area contributed by atoms with Gasteiger partial charge in [-0.2, -0.15) is 10.2 Å². The van der Waals surface area contributed by atoms with Crippen molar-refractivity contribution in [2.24, 2.45) is 0 Å². The smallest absolute Gasteiger partial charge is 0.246 e. The van der Waals surface area contributed by atoms with Crippen LogP contribution in [0.2, 0.25) is 0 Å². The minimum atomic E-state index is -0.0918. The van der Waals surface area contributed by atoms with Crippen LogP contribution in [0.25, 0.3) is 0 Å². The molecule has 0 bridgehead atoms. The third-order valence-electron chi connectivity index (χ3n) is 4.25. The molecule has 2 aromatic heterocycles. The summed E-state index contributed by atoms with van der Waals surface area (Å²) in [5.74, 6) is -0.0918. The maximum Gasteiger partial charge on any atom is 0.246 e. The summed E-state index contributed by atoms with van der Waals surface area (Å²) in [6.07, 6.45) is 3.65. The molecule has 124 valence electrons. The fraction of sp³-hybridized carbons (Fsp3) is 0.562. The highest BCUT2D eigenvalue weighted by molar-refractivity contribution is 5.90. The molecular formula is C16H23N5O2. The Morgan fingerprint density at radius 2 is 2.09 bits per heavy atom. The predicted molar refractivity (Wildman–Crippen MR) is 86.4 cm³/mol. The van der Waals surface area contributed by atoms with E-state index in [1.54, 1.807) is 10.9 Å². The molecule has 0 unspecified atom stereocenters. The summed E-state index contributed by atoms with van der Waals surface area (Å²) in [6, 6.07) is 2.31. The van der Waals surface area contributed by atoms with Gasteiger partial charge in [-0.1, -0.05) is 0 Å². The summed E-state index contributed by atoms with van der Waals surface area (Å²) >= 11 is 0. The number of nitrogens with one attached hydrogen (secondary N) is 1. The van der Waals surface area contributed by atoms with Gasteiger partial charge in [-0.25, -0.2) is 0 Å². The summed E-state index contributed by atoms with van der Waals surface area (Å²) in [4.78, 5) is 12.3. The van der Waals surface area contributed by atoms with Crippen LogP contribution in [0.3, 0.4) is 0 Å². The van der Waals surface area contributed by atoms with E-state index in [0.29, 0.717) is 6.04 Å². The third-order valence-corrected chi connectivity index (χ3v) is 4.25. The molecule has 0 atom stereocenters. The molecule has 0 spiro atoms. The molecule has 0 aromatic carbocycles. The molecule has 0 aliphatic carbocycles. The van der Waals surface area contributed by atoms with Crippen LogP contribution in [0.15, 0.2) is 12.3 Å². The van der Waals surface area contributed by atoms with Crippen molar-refractivity contribution in [2.45, 2.75) is 46.2 Å². The van der Waals surface area contributed by atoms with Crippen molar-refractivity contribution in [3.05, 3.63) is 29.3 Å². The number of rotatable bonds is 4. The van der Waals surface area contributed by atoms with E-state index >= 15 is 0 Å². The highest BCUT2D eigenvalue weighted by atomic mass is 16.5. The lowest BCUT2D eigenvalue weighted by atomic mass is 10.1. The number of ether oxygens (including phenoxy) is 1. The zero-order valence-electron chi connectivity index (χ0n) is 13.9. The standard InChI is InChI=1S/C16H23N5O2/c1-11-8-12(2)20(19-11)10-16(22)18-15-9-17-21(13(15)3)14-4-6-23-7-5-14/h8-9,14H,4-7,10H2,1-3H3,(H,18,22). The van der Waals surface area contributed by atoms with Crippen LogP contribution in [0.1, 0.15) is 36.0 Å². The van der Waals surface area contributed by atoms with Gasteiger partial charge in [0.05, 0.1) is 29.3 Å². The average molecular weight is 317 g/mol. The molecular weight excluding hydrogens is 294 g/mol. The Bertz CT molecular complexity index is 697. The van der Waals surface area contributed by atoms with Gasteiger partial charge in [-0.05, 0) is 39.7 Å². The summed E-state index contributed by atoms with van der Waals surface area (Å²) in [5, 5.41) is 11.7. The van der Waals surface area contributed by atoms with Crippen LogP contribution in [0.4, 0.5) is 5.69 Å². The first-order valence-electron chi connectivity index (χ1n) is 7.97. The minimum Gasteiger partial charge on any atom is -0.381 e. The van der Waals surface area contributed by atoms with Crippen molar-refractivity contribution < 1.29 is 9.53 Å². The lowest BCUT2D eigenvalue weighted by Crippen LogP contribution is -2.22. The molecule has 3 heterocycles. The molecule has 1 aliphatic rings. The SMILES string of the molecule is Cc1cc(C)n(CC(=O)Nc2cnn(C3CCOCC3)c2C)n1. The number of aromatic nitrogens is 4. The number of aryl methyl sites for hydroxylation is 2. The first kappa shape index (κ1) is 15.7. The van der Waals surface area contributed by atoms with Gasteiger partial charge in [0, 0.05) is 18.9 Å². The molecule has 0 saturated carbocycles. The highest BCUT2D eigenvalue weighted by Gasteiger charge is 2.20. The Labute approximate surface area is 135 Å². The summed E-state index contributed by atoms with van der Waals surface area (Å²) in [6.45, 7) is 7.60. The lowest BCUT2D eigenvalue weighted by Gasteiger charge is -2.23. The number of amides is 1. The molecule has 2 aromatic rings. The van der Waals surface area contributed by atoms with Crippen LogP contribution in [-0.2, 0) is 16.1 Å². The van der Waals surface area contributed by atoms with E-state index in [9.17, 15) is 4.79 Å². The van der Waals surface area contributed by atoms with Crippen LogP contribution in [-0.4, -0.2) is 38.7 Å². The van der Waals surface area contributed by atoms with E-state index in [0.717, 1.165) is 48.8 Å². The normalized spacial score (nSPS) is 15.8. The van der Waals surface area contributed by atoms with E-state index < -0.39 is 0 Å². The van der Waals surface area contributed by atoms with Crippen molar-refractivity contribution in [3.8, 4) is 0 Å². The van der Waals surface area contributed by atoms with Gasteiger partial charge in [0.15, 0.2) is 0 Å². The van der Waals surface area contributed by atoms with Gasteiger partial charge in [0.25, 0.3) is 0 Å². The fourth-order valence-corrected chi connectivity index (χ4v) is 3.00. The highest BCUT2D eigenvalue weighted by Crippen LogP contribution is 2.25. The number of nitrogens with zero attached hydrogens (tertiary/aromatic N) is 4. The minimum absolute atomic E-state index is 0.0918. The van der Waals surface area contributed by atoms with E-state index in [-0.39, 0.29) is 12.5 Å². The van der Waals surface area contributed by atoms with Crippen molar-refractivity contribution in [3.63, 3.8) is 0 Å². The Kier molecular flexibility index (Phi) is 4.47. The van der Waals surface area contributed by atoms with Crippen molar-refractivity contribution >= 4 is 11.6 Å². The number of carbonyl (C=O) groups is 1. The monoisotopic (exact) mass is 317 g/mol.